The molecule has 0 saturated carbocycles. The number of aromatic nitrogens is 2. The molecule has 8 nitrogen and oxygen atoms in total. The van der Waals surface area contributed by atoms with E-state index in [1.54, 1.807) is 0 Å². The van der Waals surface area contributed by atoms with Crippen molar-refractivity contribution in [3.8, 4) is 5.75 Å². The van der Waals surface area contributed by atoms with Crippen LogP contribution in [0.4, 0.5) is 5.82 Å². The van der Waals surface area contributed by atoms with Crippen molar-refractivity contribution in [2.75, 3.05) is 5.73 Å². The summed E-state index contributed by atoms with van der Waals surface area (Å²) in [5, 5.41) is 10.6. The number of hydrogen-bond acceptors (Lipinski definition) is 7. The summed E-state index contributed by atoms with van der Waals surface area (Å²) in [6.45, 7) is 3.84. The van der Waals surface area contributed by atoms with Crippen molar-refractivity contribution >= 4 is 33.9 Å². The smallest absolute Gasteiger partial charge is 0.297 e. The number of halogens is 1. The van der Waals surface area contributed by atoms with Crippen molar-refractivity contribution in [3.63, 3.8) is 0 Å². The van der Waals surface area contributed by atoms with Crippen LogP contribution >= 0.6 is 15.9 Å². The quantitative estimate of drug-likeness (QED) is 0.616. The minimum Gasteiger partial charge on any atom is -0.490 e. The van der Waals surface area contributed by atoms with Crippen molar-refractivity contribution < 1.29 is 14.2 Å². The van der Waals surface area contributed by atoms with Gasteiger partial charge >= 0.3 is 0 Å². The molecule has 0 unspecified atom stereocenters. The van der Waals surface area contributed by atoms with Gasteiger partial charge in [-0.25, -0.2) is 10.1 Å². The summed E-state index contributed by atoms with van der Waals surface area (Å²) in [6, 6.07) is 5.49. The molecule has 0 atom stereocenters. The fraction of sp³-hybridized carbons (Fsp3) is 0.231. The SMILES string of the molecule is CC(C)Oc1ccc(Br)cc1/C=N\NC(=O)c1nonc1N. The minimum absolute atomic E-state index is 0.0175. The predicted molar refractivity (Wildman–Crippen MR) is 83.7 cm³/mol. The van der Waals surface area contributed by atoms with Crippen LogP contribution in [-0.4, -0.2) is 28.5 Å². The van der Waals surface area contributed by atoms with Gasteiger partial charge in [-0.3, -0.25) is 4.79 Å². The number of carbonyl (C=O) groups is 1. The first kappa shape index (κ1) is 16.0. The number of ether oxygens (including phenoxy) is 1. The summed E-state index contributed by atoms with van der Waals surface area (Å²) in [5.74, 6) is -0.0610. The van der Waals surface area contributed by atoms with Gasteiger partial charge in [-0.2, -0.15) is 5.10 Å². The molecule has 0 spiro atoms. The van der Waals surface area contributed by atoms with Gasteiger partial charge in [0.25, 0.3) is 5.91 Å². The Kier molecular flexibility index (Phi) is 5.10. The van der Waals surface area contributed by atoms with E-state index < -0.39 is 5.91 Å². The molecule has 1 aromatic carbocycles. The molecule has 22 heavy (non-hydrogen) atoms. The van der Waals surface area contributed by atoms with Gasteiger partial charge in [-0.15, -0.1) is 0 Å². The lowest BCUT2D eigenvalue weighted by molar-refractivity contribution is 0.0946. The second kappa shape index (κ2) is 7.03. The Labute approximate surface area is 134 Å². The van der Waals surface area contributed by atoms with Gasteiger partial charge < -0.3 is 10.5 Å². The van der Waals surface area contributed by atoms with Crippen molar-refractivity contribution in [2.24, 2.45) is 5.10 Å². The van der Waals surface area contributed by atoms with E-state index >= 15 is 0 Å². The molecule has 1 aromatic heterocycles. The zero-order valence-electron chi connectivity index (χ0n) is 11.9. The second-order valence-electron chi connectivity index (χ2n) is 4.55. The highest BCUT2D eigenvalue weighted by Gasteiger charge is 2.15. The lowest BCUT2D eigenvalue weighted by atomic mass is 10.2. The van der Waals surface area contributed by atoms with Crippen LogP contribution < -0.4 is 15.9 Å². The zero-order chi connectivity index (χ0) is 16.1. The summed E-state index contributed by atoms with van der Waals surface area (Å²) in [7, 11) is 0. The number of anilines is 1. The summed E-state index contributed by atoms with van der Waals surface area (Å²) in [5.41, 5.74) is 8.29. The summed E-state index contributed by atoms with van der Waals surface area (Å²) >= 11 is 3.37. The van der Waals surface area contributed by atoms with Gasteiger partial charge in [0, 0.05) is 10.0 Å². The molecule has 0 aliphatic heterocycles. The third-order valence-corrected chi connectivity index (χ3v) is 2.93. The Morgan fingerprint density at radius 1 is 1.50 bits per heavy atom. The lowest BCUT2D eigenvalue weighted by Gasteiger charge is -2.12. The van der Waals surface area contributed by atoms with Crippen molar-refractivity contribution in [1.29, 1.82) is 0 Å². The number of nitrogens with zero attached hydrogens (tertiary/aromatic N) is 3. The van der Waals surface area contributed by atoms with Crippen molar-refractivity contribution in [1.82, 2.24) is 15.7 Å². The first-order valence-corrected chi connectivity index (χ1v) is 7.14. The van der Waals surface area contributed by atoms with Crippen LogP contribution in [0.1, 0.15) is 29.9 Å². The highest BCUT2D eigenvalue weighted by Crippen LogP contribution is 2.22. The van der Waals surface area contributed by atoms with Crippen LogP contribution in [0.3, 0.4) is 0 Å². The van der Waals surface area contributed by atoms with Crippen LogP contribution in [0, 0.1) is 0 Å². The van der Waals surface area contributed by atoms with Crippen LogP contribution in [-0.2, 0) is 0 Å². The lowest BCUT2D eigenvalue weighted by Crippen LogP contribution is -2.19. The molecule has 2 aromatic rings. The standard InChI is InChI=1S/C13H14BrN5O3/c1-7(2)21-10-4-3-9(14)5-8(10)6-16-17-13(20)11-12(15)19-22-18-11/h3-7H,1-2H3,(H2,15,19)(H,17,20)/b16-6-. The molecule has 2 rings (SSSR count). The highest BCUT2D eigenvalue weighted by atomic mass is 79.9. The monoisotopic (exact) mass is 367 g/mol. The fourth-order valence-electron chi connectivity index (χ4n) is 1.55. The predicted octanol–water partition coefficient (Wildman–Crippen LogP) is 1.97. The van der Waals surface area contributed by atoms with E-state index in [-0.39, 0.29) is 17.6 Å². The minimum atomic E-state index is -0.615. The number of carbonyl (C=O) groups excluding carboxylic acids is 1. The molecule has 116 valence electrons. The average molecular weight is 368 g/mol. The molecular weight excluding hydrogens is 354 g/mol. The van der Waals surface area contributed by atoms with E-state index in [1.165, 1.54) is 6.21 Å². The first-order valence-electron chi connectivity index (χ1n) is 6.35. The summed E-state index contributed by atoms with van der Waals surface area (Å²) < 4.78 is 10.9. The molecule has 0 bridgehead atoms. The Morgan fingerprint density at radius 2 is 2.27 bits per heavy atom. The summed E-state index contributed by atoms with van der Waals surface area (Å²) in [4.78, 5) is 11.7. The Balaban J connectivity index is 2.11. The Hall–Kier alpha value is -2.42. The molecule has 0 aliphatic carbocycles. The number of nitrogens with two attached hydrogens (primary N) is 1. The number of nitrogens with one attached hydrogen (secondary N) is 1. The van der Waals surface area contributed by atoms with Crippen molar-refractivity contribution in [3.05, 3.63) is 33.9 Å². The van der Waals surface area contributed by atoms with Crippen LogP contribution in [0.5, 0.6) is 5.75 Å². The van der Waals surface area contributed by atoms with Crippen LogP contribution in [0.25, 0.3) is 0 Å². The van der Waals surface area contributed by atoms with Gasteiger partial charge in [0.05, 0.1) is 12.3 Å². The van der Waals surface area contributed by atoms with Gasteiger partial charge in [0.2, 0.25) is 11.5 Å². The molecule has 0 fully saturated rings. The molecular formula is C13H14BrN5O3. The number of amides is 1. The molecule has 0 radical (unpaired) electrons. The van der Waals surface area contributed by atoms with Crippen LogP contribution in [0.2, 0.25) is 0 Å². The zero-order valence-corrected chi connectivity index (χ0v) is 13.5. The molecule has 0 aliphatic rings. The molecule has 3 N–H and O–H groups in total. The summed E-state index contributed by atoms with van der Waals surface area (Å²) in [6.07, 6.45) is 1.48. The molecule has 9 heteroatoms. The van der Waals surface area contributed by atoms with Gasteiger partial charge in [-0.05, 0) is 42.4 Å². The number of benzene rings is 1. The third-order valence-electron chi connectivity index (χ3n) is 2.43. The van der Waals surface area contributed by atoms with E-state index in [4.69, 9.17) is 10.5 Å². The van der Waals surface area contributed by atoms with E-state index in [9.17, 15) is 4.79 Å². The van der Waals surface area contributed by atoms with Gasteiger partial charge in [0.1, 0.15) is 5.75 Å². The number of hydrazone groups is 1. The van der Waals surface area contributed by atoms with E-state index in [1.807, 2.05) is 32.0 Å². The maximum atomic E-state index is 11.7. The average Bonchev–Trinajstić information content (AvgIpc) is 2.87. The normalized spacial score (nSPS) is 11.1. The van der Waals surface area contributed by atoms with E-state index in [0.717, 1.165) is 4.47 Å². The molecule has 1 amide bonds. The maximum Gasteiger partial charge on any atom is 0.297 e. The van der Waals surface area contributed by atoms with Crippen molar-refractivity contribution in [2.45, 2.75) is 20.0 Å². The number of hydrogen-bond donors (Lipinski definition) is 2. The number of nitrogen functional groups attached to an aromatic ring is 1. The van der Waals surface area contributed by atoms with E-state index in [0.29, 0.717) is 11.3 Å². The molecule has 1 heterocycles. The molecule has 0 saturated heterocycles. The Bertz CT molecular complexity index is 699. The number of rotatable bonds is 5. The first-order chi connectivity index (χ1) is 10.5. The largest absolute Gasteiger partial charge is 0.490 e. The Morgan fingerprint density at radius 3 is 2.91 bits per heavy atom. The van der Waals surface area contributed by atoms with Crippen LogP contribution in [0.15, 0.2) is 32.4 Å². The van der Waals surface area contributed by atoms with Gasteiger partial charge in [-0.1, -0.05) is 15.9 Å². The maximum absolute atomic E-state index is 11.7. The highest BCUT2D eigenvalue weighted by molar-refractivity contribution is 9.10. The van der Waals surface area contributed by atoms with Gasteiger partial charge in [0.15, 0.2) is 0 Å². The topological polar surface area (TPSA) is 116 Å². The third kappa shape index (κ3) is 4.04. The van der Waals surface area contributed by atoms with E-state index in [2.05, 4.69) is 41.4 Å². The fourth-order valence-corrected chi connectivity index (χ4v) is 1.93. The second-order valence-corrected chi connectivity index (χ2v) is 5.46.